The van der Waals surface area contributed by atoms with E-state index in [0.717, 1.165) is 19.3 Å². The predicted molar refractivity (Wildman–Crippen MR) is 65.8 cm³/mol. The lowest BCUT2D eigenvalue weighted by molar-refractivity contribution is -0.0418. The monoisotopic (exact) mass is 210 g/mol. The van der Waals surface area contributed by atoms with Gasteiger partial charge in [-0.05, 0) is 43.9 Å². The van der Waals surface area contributed by atoms with Crippen molar-refractivity contribution < 1.29 is 5.11 Å². The number of allylic oxidation sites excluding steroid dienone is 2. The van der Waals surface area contributed by atoms with Crippen LogP contribution in [0.5, 0.6) is 0 Å². The van der Waals surface area contributed by atoms with Crippen molar-refractivity contribution in [1.29, 1.82) is 0 Å². The molecule has 0 saturated heterocycles. The van der Waals surface area contributed by atoms with Gasteiger partial charge in [0.25, 0.3) is 0 Å². The summed E-state index contributed by atoms with van der Waals surface area (Å²) in [5.74, 6) is 0.639. The van der Waals surface area contributed by atoms with Gasteiger partial charge in [-0.1, -0.05) is 39.3 Å². The fourth-order valence-corrected chi connectivity index (χ4v) is 2.54. The maximum absolute atomic E-state index is 10.3. The van der Waals surface area contributed by atoms with E-state index in [-0.39, 0.29) is 5.41 Å². The Kier molecular flexibility index (Phi) is 3.99. The van der Waals surface area contributed by atoms with Gasteiger partial charge >= 0.3 is 0 Å². The Morgan fingerprint density at radius 1 is 1.27 bits per heavy atom. The minimum Gasteiger partial charge on any atom is -0.390 e. The minimum atomic E-state index is -0.476. The largest absolute Gasteiger partial charge is 0.390 e. The number of hydrogen-bond acceptors (Lipinski definition) is 1. The molecule has 1 nitrogen and oxygen atoms in total. The lowest BCUT2D eigenvalue weighted by Gasteiger charge is -2.37. The summed E-state index contributed by atoms with van der Waals surface area (Å²) in [5.41, 5.74) is -0.417. The van der Waals surface area contributed by atoms with E-state index in [1.807, 2.05) is 6.92 Å². The van der Waals surface area contributed by atoms with Crippen LogP contribution in [0.25, 0.3) is 0 Å². The van der Waals surface area contributed by atoms with Crippen molar-refractivity contribution >= 4 is 0 Å². The Morgan fingerprint density at radius 2 is 1.93 bits per heavy atom. The van der Waals surface area contributed by atoms with Gasteiger partial charge in [0.15, 0.2) is 0 Å². The quantitative estimate of drug-likeness (QED) is 0.697. The van der Waals surface area contributed by atoms with Gasteiger partial charge in [-0.2, -0.15) is 0 Å². The van der Waals surface area contributed by atoms with E-state index in [2.05, 4.69) is 32.9 Å². The van der Waals surface area contributed by atoms with Crippen molar-refractivity contribution in [1.82, 2.24) is 0 Å². The smallest absolute Gasteiger partial charge is 0.0673 e. The number of rotatable bonds is 4. The molecule has 1 N–H and O–H groups in total. The Morgan fingerprint density at radius 3 is 2.40 bits per heavy atom. The zero-order chi connectivity index (χ0) is 11.5. The van der Waals surface area contributed by atoms with Crippen LogP contribution in [0.4, 0.5) is 0 Å². The summed E-state index contributed by atoms with van der Waals surface area (Å²) in [6, 6.07) is 0. The van der Waals surface area contributed by atoms with E-state index in [9.17, 15) is 5.11 Å². The van der Waals surface area contributed by atoms with Gasteiger partial charge in [0.05, 0.1) is 5.60 Å². The number of hydrogen-bond donors (Lipinski definition) is 1. The zero-order valence-electron chi connectivity index (χ0n) is 10.7. The van der Waals surface area contributed by atoms with Crippen molar-refractivity contribution in [3.63, 3.8) is 0 Å². The molecule has 1 saturated carbocycles. The number of aliphatic hydroxyl groups is 1. The van der Waals surface area contributed by atoms with Gasteiger partial charge in [0, 0.05) is 0 Å². The number of unbranched alkanes of at least 4 members (excludes halogenated alkanes) is 1. The van der Waals surface area contributed by atoms with Crippen molar-refractivity contribution in [2.45, 2.75) is 65.4 Å². The molecule has 2 unspecified atom stereocenters. The molecule has 0 aliphatic heterocycles. The van der Waals surface area contributed by atoms with Crippen LogP contribution < -0.4 is 0 Å². The van der Waals surface area contributed by atoms with Gasteiger partial charge < -0.3 is 5.11 Å². The summed E-state index contributed by atoms with van der Waals surface area (Å²) >= 11 is 0. The van der Waals surface area contributed by atoms with Crippen molar-refractivity contribution in [2.75, 3.05) is 0 Å². The fraction of sp³-hybridized carbons (Fsp3) is 0.857. The Labute approximate surface area is 94.6 Å². The molecule has 0 aromatic carbocycles. The summed E-state index contributed by atoms with van der Waals surface area (Å²) in [6.45, 7) is 8.61. The molecule has 1 rings (SSSR count). The second-order valence-corrected chi connectivity index (χ2v) is 5.73. The van der Waals surface area contributed by atoms with Crippen LogP contribution in [-0.4, -0.2) is 10.7 Å². The molecule has 0 aromatic rings. The van der Waals surface area contributed by atoms with Gasteiger partial charge in [-0.15, -0.1) is 0 Å². The second-order valence-electron chi connectivity index (χ2n) is 5.73. The maximum Gasteiger partial charge on any atom is 0.0673 e. The fourth-order valence-electron chi connectivity index (χ4n) is 2.54. The molecule has 0 heterocycles. The first-order valence-electron chi connectivity index (χ1n) is 6.29. The highest BCUT2D eigenvalue weighted by Gasteiger charge is 2.49. The van der Waals surface area contributed by atoms with Crippen LogP contribution >= 0.6 is 0 Å². The minimum absolute atomic E-state index is 0.0591. The molecule has 1 aliphatic carbocycles. The van der Waals surface area contributed by atoms with Crippen molar-refractivity contribution in [2.24, 2.45) is 11.3 Å². The van der Waals surface area contributed by atoms with Gasteiger partial charge in [-0.25, -0.2) is 0 Å². The highest BCUT2D eigenvalue weighted by molar-refractivity contribution is 5.03. The summed E-state index contributed by atoms with van der Waals surface area (Å²) in [4.78, 5) is 0. The predicted octanol–water partition coefficient (Wildman–Crippen LogP) is 3.92. The normalized spacial score (nSPS) is 35.1. The van der Waals surface area contributed by atoms with Gasteiger partial charge in [0.2, 0.25) is 0 Å². The molecule has 1 fully saturated rings. The molecule has 0 bridgehead atoms. The van der Waals surface area contributed by atoms with E-state index in [4.69, 9.17) is 0 Å². The molecule has 1 heteroatoms. The van der Waals surface area contributed by atoms with Gasteiger partial charge in [0.1, 0.15) is 0 Å². The molecule has 1 aliphatic rings. The van der Waals surface area contributed by atoms with Gasteiger partial charge in [-0.3, -0.25) is 0 Å². The third-order valence-electron chi connectivity index (χ3n) is 4.43. The maximum atomic E-state index is 10.3. The summed E-state index contributed by atoms with van der Waals surface area (Å²) in [6.07, 6.45) is 10.2. The van der Waals surface area contributed by atoms with E-state index < -0.39 is 5.60 Å². The highest BCUT2D eigenvalue weighted by Crippen LogP contribution is 2.51. The Bertz CT molecular complexity index is 225. The Hall–Kier alpha value is -0.300. The standard InChI is InChI=1S/C14H26O/c1-5-6-7-8-9-12-10-11-14(4,15)13(12,2)3/h7-8,12,15H,5-6,9-11H2,1-4H3/b8-7+. The van der Waals surface area contributed by atoms with E-state index in [0.29, 0.717) is 5.92 Å². The molecule has 0 radical (unpaired) electrons. The summed E-state index contributed by atoms with van der Waals surface area (Å²) in [7, 11) is 0. The van der Waals surface area contributed by atoms with Crippen LogP contribution in [-0.2, 0) is 0 Å². The van der Waals surface area contributed by atoms with E-state index in [1.54, 1.807) is 0 Å². The average Bonchev–Trinajstić information content (AvgIpc) is 2.34. The van der Waals surface area contributed by atoms with Crippen molar-refractivity contribution in [3.05, 3.63) is 12.2 Å². The SMILES string of the molecule is CCC/C=C/CC1CCC(C)(O)C1(C)C. The lowest BCUT2D eigenvalue weighted by Crippen LogP contribution is -2.39. The van der Waals surface area contributed by atoms with Crippen LogP contribution in [0.3, 0.4) is 0 Å². The molecule has 88 valence electrons. The van der Waals surface area contributed by atoms with Crippen LogP contribution in [0.1, 0.15) is 59.8 Å². The summed E-state index contributed by atoms with van der Waals surface area (Å²) < 4.78 is 0. The summed E-state index contributed by atoms with van der Waals surface area (Å²) in [5, 5.41) is 10.3. The van der Waals surface area contributed by atoms with Crippen LogP contribution in [0.15, 0.2) is 12.2 Å². The van der Waals surface area contributed by atoms with E-state index in [1.165, 1.54) is 12.8 Å². The second kappa shape index (κ2) is 4.69. The molecule has 0 amide bonds. The highest BCUT2D eigenvalue weighted by atomic mass is 16.3. The molecular weight excluding hydrogens is 184 g/mol. The molecule has 0 aromatic heterocycles. The molecule has 2 atom stereocenters. The zero-order valence-corrected chi connectivity index (χ0v) is 10.7. The first-order chi connectivity index (χ1) is 6.92. The van der Waals surface area contributed by atoms with Crippen LogP contribution in [0.2, 0.25) is 0 Å². The first kappa shape index (κ1) is 12.8. The van der Waals surface area contributed by atoms with Crippen LogP contribution in [0, 0.1) is 11.3 Å². The topological polar surface area (TPSA) is 20.2 Å². The first-order valence-corrected chi connectivity index (χ1v) is 6.29. The molecule has 0 spiro atoms. The molecule has 15 heavy (non-hydrogen) atoms. The van der Waals surface area contributed by atoms with Crippen molar-refractivity contribution in [3.8, 4) is 0 Å². The Balaban J connectivity index is 2.51. The third kappa shape index (κ3) is 2.63. The average molecular weight is 210 g/mol. The lowest BCUT2D eigenvalue weighted by atomic mass is 9.72. The molecular formula is C14H26O. The van der Waals surface area contributed by atoms with E-state index >= 15 is 0 Å². The third-order valence-corrected chi connectivity index (χ3v) is 4.43.